The van der Waals surface area contributed by atoms with Crippen molar-refractivity contribution in [3.63, 3.8) is 0 Å². The van der Waals surface area contributed by atoms with Crippen molar-refractivity contribution in [3.05, 3.63) is 39.9 Å². The Morgan fingerprint density at radius 3 is 2.94 bits per heavy atom. The molecule has 0 spiro atoms. The summed E-state index contributed by atoms with van der Waals surface area (Å²) >= 11 is 6.46. The summed E-state index contributed by atoms with van der Waals surface area (Å²) < 4.78 is 12.7. The van der Waals surface area contributed by atoms with Gasteiger partial charge < -0.3 is 25.1 Å². The number of aryl methyl sites for hydroxylation is 1. The number of hydrogen-bond acceptors (Lipinski definition) is 8. The third kappa shape index (κ3) is 5.55. The Hall–Kier alpha value is -3.35. The zero-order valence-electron chi connectivity index (χ0n) is 21.0. The van der Waals surface area contributed by atoms with Gasteiger partial charge in [-0.15, -0.1) is 0 Å². The third-order valence-corrected chi connectivity index (χ3v) is 6.56. The Labute approximate surface area is 215 Å². The molecule has 3 aromatic heterocycles. The second-order valence-electron chi connectivity index (χ2n) is 9.17. The molecule has 2 unspecified atom stereocenters. The van der Waals surface area contributed by atoms with E-state index in [9.17, 15) is 4.79 Å². The van der Waals surface area contributed by atoms with E-state index < -0.39 is 0 Å². The van der Waals surface area contributed by atoms with Gasteiger partial charge in [0.25, 0.3) is 0 Å². The number of carbonyl (C=O) groups is 1. The minimum Gasteiger partial charge on any atom is -0.496 e. The molecule has 3 N–H and O–H groups in total. The maximum Gasteiger partial charge on any atom is 0.323 e. The molecule has 0 amide bonds. The van der Waals surface area contributed by atoms with Crippen LogP contribution in [0.1, 0.15) is 48.6 Å². The number of nitrogens with zero attached hydrogens (tertiary/aromatic N) is 4. The van der Waals surface area contributed by atoms with Gasteiger partial charge in [-0.25, -0.2) is 4.98 Å². The van der Waals surface area contributed by atoms with E-state index in [1.807, 2.05) is 24.6 Å². The number of pyridine rings is 1. The predicted octanol–water partition coefficient (Wildman–Crippen LogP) is 3.41. The molecule has 0 bridgehead atoms. The number of ether oxygens (including phenoxy) is 2. The van der Waals surface area contributed by atoms with E-state index in [-0.39, 0.29) is 23.1 Å². The molecule has 0 saturated carbocycles. The molecule has 4 rings (SSSR count). The highest BCUT2D eigenvalue weighted by Gasteiger charge is 2.27. The standard InChI is InChI=1S/C26H31ClN6O3/c1-15-10-19(25(34)36-14-15)29-9-7-5-6-8-18-12-33(24-21(18)23(27)31-26(28)32-24)13-20-17(3)22(35-4)16(2)11-30-20/h11-12,15,19,29H,5,7,9-10,13-14H2,1-4H3,(H2,28,31,32). The fraction of sp³-hybridized carbons (Fsp3) is 0.462. The van der Waals surface area contributed by atoms with Gasteiger partial charge in [-0.05, 0) is 39.2 Å². The SMILES string of the molecule is COc1c(C)cnc(Cn2cc(C#CCCCNC3CC(C)COC3=O)c3c(Cl)nc(N)nc32)c1C. The second kappa shape index (κ2) is 11.1. The molecule has 1 aliphatic rings. The lowest BCUT2D eigenvalue weighted by Gasteiger charge is -2.26. The Bertz CT molecular complexity index is 1340. The molecular formula is C26H31ClN6O3. The molecule has 4 heterocycles. The van der Waals surface area contributed by atoms with Crippen LogP contribution in [0.5, 0.6) is 5.75 Å². The molecule has 3 aromatic rings. The van der Waals surface area contributed by atoms with Crippen molar-refractivity contribution in [2.24, 2.45) is 5.92 Å². The first-order chi connectivity index (χ1) is 17.3. The average Bonchev–Trinajstić information content (AvgIpc) is 3.17. The van der Waals surface area contributed by atoms with Crippen LogP contribution >= 0.6 is 11.6 Å². The lowest BCUT2D eigenvalue weighted by molar-refractivity contribution is -0.152. The third-order valence-electron chi connectivity index (χ3n) is 6.28. The lowest BCUT2D eigenvalue weighted by atomic mass is 10.00. The number of anilines is 1. The summed E-state index contributed by atoms with van der Waals surface area (Å²) in [5.74, 6) is 7.53. The van der Waals surface area contributed by atoms with Crippen LogP contribution in [0.4, 0.5) is 5.95 Å². The summed E-state index contributed by atoms with van der Waals surface area (Å²) in [6, 6.07) is -0.237. The number of carbonyl (C=O) groups excluding carboxylic acids is 1. The number of fused-ring (bicyclic) bond motifs is 1. The number of methoxy groups -OCH3 is 1. The Balaban J connectivity index is 1.51. The van der Waals surface area contributed by atoms with Gasteiger partial charge >= 0.3 is 5.97 Å². The molecule has 10 heteroatoms. The van der Waals surface area contributed by atoms with Crippen molar-refractivity contribution in [1.29, 1.82) is 0 Å². The molecule has 1 fully saturated rings. The van der Waals surface area contributed by atoms with E-state index in [4.69, 9.17) is 26.8 Å². The average molecular weight is 511 g/mol. The van der Waals surface area contributed by atoms with E-state index in [1.54, 1.807) is 13.3 Å². The van der Waals surface area contributed by atoms with Crippen LogP contribution in [0.3, 0.4) is 0 Å². The monoisotopic (exact) mass is 510 g/mol. The van der Waals surface area contributed by atoms with Gasteiger partial charge in [0.1, 0.15) is 22.6 Å². The first kappa shape index (κ1) is 25.7. The van der Waals surface area contributed by atoms with Crippen LogP contribution in [0.2, 0.25) is 5.15 Å². The van der Waals surface area contributed by atoms with Crippen LogP contribution < -0.4 is 15.8 Å². The number of halogens is 1. The van der Waals surface area contributed by atoms with E-state index in [2.05, 4.69) is 39.0 Å². The maximum absolute atomic E-state index is 11.9. The number of cyclic esters (lactones) is 1. The molecule has 9 nitrogen and oxygen atoms in total. The topological polar surface area (TPSA) is 117 Å². The summed E-state index contributed by atoms with van der Waals surface area (Å²) in [4.78, 5) is 25.0. The number of aromatic nitrogens is 4. The quantitative estimate of drug-likeness (QED) is 0.215. The van der Waals surface area contributed by atoms with Gasteiger partial charge in [-0.1, -0.05) is 30.4 Å². The van der Waals surface area contributed by atoms with E-state index in [0.29, 0.717) is 43.1 Å². The zero-order valence-corrected chi connectivity index (χ0v) is 21.8. The lowest BCUT2D eigenvalue weighted by Crippen LogP contribution is -2.44. The molecule has 1 aliphatic heterocycles. The summed E-state index contributed by atoms with van der Waals surface area (Å²) in [6.45, 7) is 7.67. The first-order valence-electron chi connectivity index (χ1n) is 12.0. The second-order valence-corrected chi connectivity index (χ2v) is 9.53. The van der Waals surface area contributed by atoms with Crippen LogP contribution in [-0.4, -0.2) is 51.8 Å². The van der Waals surface area contributed by atoms with Gasteiger partial charge in [0.15, 0.2) is 0 Å². The van der Waals surface area contributed by atoms with Crippen molar-refractivity contribution in [1.82, 2.24) is 24.8 Å². The Morgan fingerprint density at radius 1 is 1.36 bits per heavy atom. The molecule has 1 saturated heterocycles. The zero-order chi connectivity index (χ0) is 25.8. The van der Waals surface area contributed by atoms with Crippen molar-refractivity contribution in [2.75, 3.05) is 26.0 Å². The van der Waals surface area contributed by atoms with Crippen LogP contribution in [0, 0.1) is 31.6 Å². The highest BCUT2D eigenvalue weighted by molar-refractivity contribution is 6.34. The van der Waals surface area contributed by atoms with E-state index in [0.717, 1.165) is 41.0 Å². The smallest absolute Gasteiger partial charge is 0.323 e. The number of hydrogen-bond donors (Lipinski definition) is 2. The minimum atomic E-state index is -0.237. The predicted molar refractivity (Wildman–Crippen MR) is 139 cm³/mol. The Kier molecular flexibility index (Phi) is 7.97. The summed E-state index contributed by atoms with van der Waals surface area (Å²) in [5.41, 5.74) is 10.0. The summed E-state index contributed by atoms with van der Waals surface area (Å²) in [5, 5.41) is 4.20. The molecule has 0 aromatic carbocycles. The number of esters is 1. The van der Waals surface area contributed by atoms with Crippen LogP contribution in [0.25, 0.3) is 11.0 Å². The fourth-order valence-electron chi connectivity index (χ4n) is 4.44. The van der Waals surface area contributed by atoms with Crippen molar-refractivity contribution in [3.8, 4) is 17.6 Å². The van der Waals surface area contributed by atoms with Gasteiger partial charge in [0.05, 0.1) is 36.9 Å². The van der Waals surface area contributed by atoms with Gasteiger partial charge in [-0.3, -0.25) is 9.78 Å². The van der Waals surface area contributed by atoms with Gasteiger partial charge in [-0.2, -0.15) is 4.98 Å². The summed E-state index contributed by atoms with van der Waals surface area (Å²) in [7, 11) is 1.66. The summed E-state index contributed by atoms with van der Waals surface area (Å²) in [6.07, 6.45) is 5.95. The van der Waals surface area contributed by atoms with Crippen molar-refractivity contribution < 1.29 is 14.3 Å². The first-order valence-corrected chi connectivity index (χ1v) is 12.4. The van der Waals surface area contributed by atoms with Crippen molar-refractivity contribution in [2.45, 2.75) is 52.6 Å². The molecule has 0 aliphatic carbocycles. The number of nitrogens with one attached hydrogen (secondary N) is 1. The van der Waals surface area contributed by atoms with Crippen molar-refractivity contribution >= 4 is 34.6 Å². The van der Waals surface area contributed by atoms with Crippen LogP contribution in [0.15, 0.2) is 12.4 Å². The maximum atomic E-state index is 11.9. The number of nitrogens with two attached hydrogens (primary N) is 1. The number of rotatable bonds is 7. The molecule has 2 atom stereocenters. The van der Waals surface area contributed by atoms with Gasteiger partial charge in [0, 0.05) is 29.9 Å². The highest BCUT2D eigenvalue weighted by Crippen LogP contribution is 2.29. The van der Waals surface area contributed by atoms with Crippen LogP contribution in [-0.2, 0) is 16.1 Å². The minimum absolute atomic E-state index is 0.0964. The Morgan fingerprint density at radius 2 is 2.17 bits per heavy atom. The number of nitrogen functional groups attached to an aromatic ring is 1. The van der Waals surface area contributed by atoms with E-state index in [1.165, 1.54) is 0 Å². The number of unbranched alkanes of at least 4 members (excludes halogenated alkanes) is 1. The molecular weight excluding hydrogens is 480 g/mol. The molecule has 190 valence electrons. The van der Waals surface area contributed by atoms with Gasteiger partial charge in [0.2, 0.25) is 5.95 Å². The van der Waals surface area contributed by atoms with E-state index >= 15 is 0 Å². The fourth-order valence-corrected chi connectivity index (χ4v) is 4.71. The highest BCUT2D eigenvalue weighted by atomic mass is 35.5. The molecule has 36 heavy (non-hydrogen) atoms. The normalized spacial score (nSPS) is 17.5. The largest absolute Gasteiger partial charge is 0.496 e. The molecule has 0 radical (unpaired) electrons.